The van der Waals surface area contributed by atoms with Gasteiger partial charge in [0.1, 0.15) is 0 Å². The third kappa shape index (κ3) is 3.34. The summed E-state index contributed by atoms with van der Waals surface area (Å²) in [5.41, 5.74) is 1.00. The molecular weight excluding hydrogens is 226 g/mol. The third-order valence-electron chi connectivity index (χ3n) is 1.92. The van der Waals surface area contributed by atoms with Gasteiger partial charge in [-0.25, -0.2) is 0 Å². The maximum atomic E-state index is 11.8. The van der Waals surface area contributed by atoms with Crippen LogP contribution in [-0.2, 0) is 14.8 Å². The van der Waals surface area contributed by atoms with E-state index < -0.39 is 10.0 Å². The normalized spacial score (nSPS) is 12.6. The lowest BCUT2D eigenvalue weighted by Gasteiger charge is -2.03. The van der Waals surface area contributed by atoms with Crippen molar-refractivity contribution in [3.8, 4) is 0 Å². The summed E-state index contributed by atoms with van der Waals surface area (Å²) in [6.45, 7) is 5.59. The summed E-state index contributed by atoms with van der Waals surface area (Å²) in [7, 11) is -3.64. The Balaban J connectivity index is 3.03. The van der Waals surface area contributed by atoms with Crippen LogP contribution in [0.2, 0.25) is 0 Å². The molecule has 1 rings (SSSR count). The van der Waals surface area contributed by atoms with Crippen molar-refractivity contribution in [3.63, 3.8) is 0 Å². The topological polar surface area (TPSA) is 55.7 Å². The standard InChI is InChI=1S/C11H15NO3S/c1-4-15-10(3)12-16(13,14)11-7-5-9(2)6-8-11/h5-8H,4H2,1-3H3/b12-10+. The fraction of sp³-hybridized carbons (Fsp3) is 0.364. The van der Waals surface area contributed by atoms with Crippen molar-refractivity contribution >= 4 is 15.9 Å². The fourth-order valence-corrected chi connectivity index (χ4v) is 2.14. The van der Waals surface area contributed by atoms with Gasteiger partial charge in [-0.2, -0.15) is 8.42 Å². The van der Waals surface area contributed by atoms with Crippen molar-refractivity contribution in [2.24, 2.45) is 4.40 Å². The van der Waals surface area contributed by atoms with Gasteiger partial charge in [0.2, 0.25) is 0 Å². The number of ether oxygens (including phenoxy) is 1. The molecule has 0 bridgehead atoms. The second kappa shape index (κ2) is 5.12. The number of hydrogen-bond donors (Lipinski definition) is 0. The van der Waals surface area contributed by atoms with E-state index in [2.05, 4.69) is 4.40 Å². The maximum absolute atomic E-state index is 11.8. The smallest absolute Gasteiger partial charge is 0.285 e. The van der Waals surface area contributed by atoms with Gasteiger partial charge in [-0.1, -0.05) is 17.7 Å². The highest BCUT2D eigenvalue weighted by Crippen LogP contribution is 2.13. The van der Waals surface area contributed by atoms with Gasteiger partial charge in [0.25, 0.3) is 10.0 Å². The van der Waals surface area contributed by atoms with Gasteiger partial charge >= 0.3 is 0 Å². The Morgan fingerprint density at radius 2 is 1.88 bits per heavy atom. The van der Waals surface area contributed by atoms with Crippen LogP contribution in [0.4, 0.5) is 0 Å². The molecule has 4 nitrogen and oxygen atoms in total. The molecule has 0 aliphatic carbocycles. The summed E-state index contributed by atoms with van der Waals surface area (Å²) in [5.74, 6) is 0.156. The van der Waals surface area contributed by atoms with E-state index in [1.54, 1.807) is 19.1 Å². The van der Waals surface area contributed by atoms with E-state index in [1.165, 1.54) is 19.1 Å². The van der Waals surface area contributed by atoms with Crippen molar-refractivity contribution in [2.45, 2.75) is 25.7 Å². The number of aryl methyl sites for hydroxylation is 1. The minimum absolute atomic E-state index is 0.156. The van der Waals surface area contributed by atoms with Crippen LogP contribution < -0.4 is 0 Å². The molecule has 1 aromatic carbocycles. The monoisotopic (exact) mass is 241 g/mol. The van der Waals surface area contributed by atoms with E-state index in [0.717, 1.165) is 5.56 Å². The Morgan fingerprint density at radius 3 is 2.38 bits per heavy atom. The first-order chi connectivity index (χ1) is 7.45. The molecule has 1 aromatic rings. The van der Waals surface area contributed by atoms with Crippen LogP contribution in [0.25, 0.3) is 0 Å². The van der Waals surface area contributed by atoms with Gasteiger partial charge in [-0.05, 0) is 26.0 Å². The zero-order chi connectivity index (χ0) is 12.2. The van der Waals surface area contributed by atoms with Crippen LogP contribution in [0.15, 0.2) is 33.6 Å². The average molecular weight is 241 g/mol. The van der Waals surface area contributed by atoms with Crippen LogP contribution in [0.3, 0.4) is 0 Å². The van der Waals surface area contributed by atoms with Crippen molar-refractivity contribution < 1.29 is 13.2 Å². The number of hydrogen-bond acceptors (Lipinski definition) is 3. The highest BCUT2D eigenvalue weighted by atomic mass is 32.2. The molecule has 5 heteroatoms. The van der Waals surface area contributed by atoms with Crippen LogP contribution in [0.5, 0.6) is 0 Å². The summed E-state index contributed by atoms with van der Waals surface area (Å²) in [5, 5.41) is 0. The van der Waals surface area contributed by atoms with Gasteiger partial charge in [0, 0.05) is 6.92 Å². The van der Waals surface area contributed by atoms with E-state index in [4.69, 9.17) is 4.74 Å². The van der Waals surface area contributed by atoms with Gasteiger partial charge < -0.3 is 4.74 Å². The Labute approximate surface area is 96.0 Å². The molecule has 0 unspecified atom stereocenters. The zero-order valence-corrected chi connectivity index (χ0v) is 10.4. The fourth-order valence-electron chi connectivity index (χ4n) is 1.17. The molecule has 88 valence electrons. The lowest BCUT2D eigenvalue weighted by atomic mass is 10.2. The van der Waals surface area contributed by atoms with Crippen LogP contribution in [-0.4, -0.2) is 20.9 Å². The summed E-state index contributed by atoms with van der Waals surface area (Å²) in [6, 6.07) is 6.54. The highest BCUT2D eigenvalue weighted by Gasteiger charge is 2.12. The van der Waals surface area contributed by atoms with Crippen LogP contribution >= 0.6 is 0 Å². The molecular formula is C11H15NO3S. The Morgan fingerprint density at radius 1 is 1.31 bits per heavy atom. The number of rotatable bonds is 3. The van der Waals surface area contributed by atoms with E-state index in [9.17, 15) is 8.42 Å². The van der Waals surface area contributed by atoms with Gasteiger partial charge in [-0.15, -0.1) is 4.40 Å². The molecule has 0 aliphatic heterocycles. The van der Waals surface area contributed by atoms with E-state index in [0.29, 0.717) is 6.61 Å². The molecule has 16 heavy (non-hydrogen) atoms. The van der Waals surface area contributed by atoms with Gasteiger partial charge in [-0.3, -0.25) is 0 Å². The largest absolute Gasteiger partial charge is 0.481 e. The lowest BCUT2D eigenvalue weighted by Crippen LogP contribution is -2.05. The van der Waals surface area contributed by atoms with Crippen molar-refractivity contribution in [3.05, 3.63) is 29.8 Å². The highest BCUT2D eigenvalue weighted by molar-refractivity contribution is 7.90. The van der Waals surface area contributed by atoms with Crippen LogP contribution in [0, 0.1) is 6.92 Å². The zero-order valence-electron chi connectivity index (χ0n) is 9.60. The number of nitrogens with zero attached hydrogens (tertiary/aromatic N) is 1. The predicted octanol–water partition coefficient (Wildman–Crippen LogP) is 2.14. The minimum Gasteiger partial charge on any atom is -0.481 e. The second-order valence-corrected chi connectivity index (χ2v) is 4.94. The quantitative estimate of drug-likeness (QED) is 0.601. The van der Waals surface area contributed by atoms with Crippen molar-refractivity contribution in [1.82, 2.24) is 0 Å². The first-order valence-electron chi connectivity index (χ1n) is 4.96. The first kappa shape index (κ1) is 12.7. The lowest BCUT2D eigenvalue weighted by molar-refractivity contribution is 0.325. The Bertz CT molecular complexity index is 474. The SMILES string of the molecule is CCO/C(C)=N/S(=O)(=O)c1ccc(C)cc1. The molecule has 0 aromatic heterocycles. The summed E-state index contributed by atoms with van der Waals surface area (Å²) < 4.78 is 32.1. The molecule has 0 atom stereocenters. The van der Waals surface area contributed by atoms with Gasteiger partial charge in [0.05, 0.1) is 11.5 Å². The summed E-state index contributed by atoms with van der Waals surface area (Å²) in [6.07, 6.45) is 0. The molecule has 0 amide bonds. The van der Waals surface area contributed by atoms with Crippen molar-refractivity contribution in [1.29, 1.82) is 0 Å². The summed E-state index contributed by atoms with van der Waals surface area (Å²) >= 11 is 0. The van der Waals surface area contributed by atoms with Crippen LogP contribution in [0.1, 0.15) is 19.4 Å². The Kier molecular flexibility index (Phi) is 4.06. The number of sulfonamides is 1. The number of benzene rings is 1. The molecule has 0 fully saturated rings. The van der Waals surface area contributed by atoms with E-state index in [-0.39, 0.29) is 10.8 Å². The average Bonchev–Trinajstić information content (AvgIpc) is 2.17. The molecule has 0 heterocycles. The van der Waals surface area contributed by atoms with Gasteiger partial charge in [0.15, 0.2) is 5.90 Å². The first-order valence-corrected chi connectivity index (χ1v) is 6.40. The maximum Gasteiger partial charge on any atom is 0.285 e. The molecule has 0 aliphatic rings. The Hall–Kier alpha value is -1.36. The molecule has 0 saturated carbocycles. The van der Waals surface area contributed by atoms with Crippen molar-refractivity contribution in [2.75, 3.05) is 6.61 Å². The van der Waals surface area contributed by atoms with E-state index >= 15 is 0 Å². The molecule has 0 radical (unpaired) electrons. The van der Waals surface area contributed by atoms with E-state index in [1.807, 2.05) is 6.92 Å². The second-order valence-electron chi connectivity index (χ2n) is 3.33. The summed E-state index contributed by atoms with van der Waals surface area (Å²) in [4.78, 5) is 0.178. The minimum atomic E-state index is -3.64. The molecule has 0 spiro atoms. The molecule has 0 N–H and O–H groups in total. The predicted molar refractivity (Wildman–Crippen MR) is 63.1 cm³/mol. The third-order valence-corrected chi connectivity index (χ3v) is 3.29. The molecule has 0 saturated heterocycles.